The third-order valence-electron chi connectivity index (χ3n) is 2.80. The van der Waals surface area contributed by atoms with Crippen LogP contribution in [-0.4, -0.2) is 31.7 Å². The Bertz CT molecular complexity index is 562. The van der Waals surface area contributed by atoms with Crippen molar-refractivity contribution >= 4 is 22.8 Å². The molecule has 1 aromatic heterocycles. The standard InChI is InChI=1S/C13H16N2O3/c1-9-14-11-5-4-10(8-12(11)18-9)15(2)7-6-13(16)17-3/h4-5,8H,6-7H2,1-3H3. The van der Waals surface area contributed by atoms with Gasteiger partial charge in [-0.1, -0.05) is 0 Å². The molecule has 0 aliphatic heterocycles. The number of carbonyl (C=O) groups is 1. The van der Waals surface area contributed by atoms with Gasteiger partial charge in [0.1, 0.15) is 5.52 Å². The predicted octanol–water partition coefficient (Wildman–Crippen LogP) is 2.14. The topological polar surface area (TPSA) is 55.6 Å². The van der Waals surface area contributed by atoms with E-state index in [1.54, 1.807) is 0 Å². The van der Waals surface area contributed by atoms with Crippen molar-refractivity contribution in [3.05, 3.63) is 24.1 Å². The Morgan fingerprint density at radius 3 is 3.00 bits per heavy atom. The summed E-state index contributed by atoms with van der Waals surface area (Å²) in [6, 6.07) is 5.80. The van der Waals surface area contributed by atoms with Crippen LogP contribution in [-0.2, 0) is 9.53 Å². The Labute approximate surface area is 105 Å². The van der Waals surface area contributed by atoms with E-state index in [2.05, 4.69) is 9.72 Å². The Kier molecular flexibility index (Phi) is 3.50. The summed E-state index contributed by atoms with van der Waals surface area (Å²) in [5.41, 5.74) is 2.59. The van der Waals surface area contributed by atoms with E-state index < -0.39 is 0 Å². The second-order valence-electron chi connectivity index (χ2n) is 4.13. The van der Waals surface area contributed by atoms with Crippen molar-refractivity contribution in [2.75, 3.05) is 25.6 Å². The molecule has 2 rings (SSSR count). The minimum absolute atomic E-state index is 0.210. The fourth-order valence-electron chi connectivity index (χ4n) is 1.76. The molecule has 0 amide bonds. The number of oxazole rings is 1. The van der Waals surface area contributed by atoms with Crippen molar-refractivity contribution < 1.29 is 13.9 Å². The number of carbonyl (C=O) groups excluding carboxylic acids is 1. The highest BCUT2D eigenvalue weighted by Gasteiger charge is 2.08. The van der Waals surface area contributed by atoms with Crippen molar-refractivity contribution in [2.45, 2.75) is 13.3 Å². The van der Waals surface area contributed by atoms with Gasteiger partial charge in [-0.3, -0.25) is 4.79 Å². The molecule has 0 atom stereocenters. The lowest BCUT2D eigenvalue weighted by Gasteiger charge is -2.18. The van der Waals surface area contributed by atoms with E-state index >= 15 is 0 Å². The van der Waals surface area contributed by atoms with Crippen molar-refractivity contribution in [1.29, 1.82) is 0 Å². The number of hydrogen-bond acceptors (Lipinski definition) is 5. The third kappa shape index (κ3) is 2.61. The first-order valence-corrected chi connectivity index (χ1v) is 5.75. The van der Waals surface area contributed by atoms with Crippen LogP contribution in [0.5, 0.6) is 0 Å². The summed E-state index contributed by atoms with van der Waals surface area (Å²) in [5, 5.41) is 0. The second kappa shape index (κ2) is 5.08. The minimum atomic E-state index is -0.210. The molecule has 5 heteroatoms. The van der Waals surface area contributed by atoms with Crippen molar-refractivity contribution in [3.63, 3.8) is 0 Å². The number of esters is 1. The minimum Gasteiger partial charge on any atom is -0.469 e. The smallest absolute Gasteiger partial charge is 0.307 e. The normalized spacial score (nSPS) is 10.6. The van der Waals surface area contributed by atoms with Gasteiger partial charge < -0.3 is 14.1 Å². The fourth-order valence-corrected chi connectivity index (χ4v) is 1.76. The van der Waals surface area contributed by atoms with Crippen LogP contribution in [0.15, 0.2) is 22.6 Å². The number of aromatic nitrogens is 1. The Morgan fingerprint density at radius 1 is 1.50 bits per heavy atom. The Morgan fingerprint density at radius 2 is 2.28 bits per heavy atom. The highest BCUT2D eigenvalue weighted by molar-refractivity contribution is 5.77. The fraction of sp³-hybridized carbons (Fsp3) is 0.385. The zero-order valence-corrected chi connectivity index (χ0v) is 10.8. The molecule has 0 bridgehead atoms. The van der Waals surface area contributed by atoms with Gasteiger partial charge in [0.15, 0.2) is 11.5 Å². The molecule has 0 spiro atoms. The quantitative estimate of drug-likeness (QED) is 0.776. The summed E-state index contributed by atoms with van der Waals surface area (Å²) >= 11 is 0. The van der Waals surface area contributed by atoms with Gasteiger partial charge in [0.05, 0.1) is 13.5 Å². The first-order valence-electron chi connectivity index (χ1n) is 5.75. The van der Waals surface area contributed by atoms with Crippen LogP contribution in [0.25, 0.3) is 11.1 Å². The van der Waals surface area contributed by atoms with E-state index in [4.69, 9.17) is 4.42 Å². The van der Waals surface area contributed by atoms with Crippen molar-refractivity contribution in [3.8, 4) is 0 Å². The van der Waals surface area contributed by atoms with Crippen LogP contribution < -0.4 is 4.90 Å². The number of methoxy groups -OCH3 is 1. The molecule has 1 heterocycles. The maximum atomic E-state index is 11.1. The average Bonchev–Trinajstić information content (AvgIpc) is 2.74. The van der Waals surface area contributed by atoms with Gasteiger partial charge >= 0.3 is 5.97 Å². The van der Waals surface area contributed by atoms with E-state index in [0.29, 0.717) is 18.9 Å². The van der Waals surface area contributed by atoms with Gasteiger partial charge in [0.25, 0.3) is 0 Å². The number of anilines is 1. The number of aryl methyl sites for hydroxylation is 1. The molecule has 5 nitrogen and oxygen atoms in total. The monoisotopic (exact) mass is 248 g/mol. The maximum Gasteiger partial charge on any atom is 0.307 e. The first kappa shape index (κ1) is 12.4. The van der Waals surface area contributed by atoms with Crippen molar-refractivity contribution in [2.24, 2.45) is 0 Å². The number of fused-ring (bicyclic) bond motifs is 1. The van der Waals surface area contributed by atoms with Gasteiger partial charge in [-0.2, -0.15) is 0 Å². The SMILES string of the molecule is COC(=O)CCN(C)c1ccc2nc(C)oc2c1. The summed E-state index contributed by atoms with van der Waals surface area (Å²) in [7, 11) is 3.32. The van der Waals surface area contributed by atoms with Crippen LogP contribution in [0.4, 0.5) is 5.69 Å². The molecule has 18 heavy (non-hydrogen) atoms. The van der Waals surface area contributed by atoms with E-state index in [0.717, 1.165) is 16.8 Å². The molecule has 0 N–H and O–H groups in total. The van der Waals surface area contributed by atoms with E-state index in [-0.39, 0.29) is 5.97 Å². The maximum absolute atomic E-state index is 11.1. The molecule has 0 unspecified atom stereocenters. The lowest BCUT2D eigenvalue weighted by atomic mass is 10.2. The summed E-state index contributed by atoms with van der Waals surface area (Å²) in [4.78, 5) is 17.3. The van der Waals surface area contributed by atoms with Gasteiger partial charge in [-0.15, -0.1) is 0 Å². The molecule has 2 aromatic rings. The zero-order valence-electron chi connectivity index (χ0n) is 10.8. The molecule has 0 aliphatic rings. The van der Waals surface area contributed by atoms with Crippen molar-refractivity contribution in [1.82, 2.24) is 4.98 Å². The summed E-state index contributed by atoms with van der Waals surface area (Å²) < 4.78 is 10.1. The van der Waals surface area contributed by atoms with E-state index in [1.807, 2.05) is 37.1 Å². The lowest BCUT2D eigenvalue weighted by molar-refractivity contribution is -0.140. The van der Waals surface area contributed by atoms with Gasteiger partial charge in [-0.25, -0.2) is 4.98 Å². The average molecular weight is 248 g/mol. The highest BCUT2D eigenvalue weighted by atomic mass is 16.5. The Balaban J connectivity index is 2.12. The summed E-state index contributed by atoms with van der Waals surface area (Å²) in [6.45, 7) is 2.42. The molecule has 96 valence electrons. The number of nitrogens with zero attached hydrogens (tertiary/aromatic N) is 2. The molecular formula is C13H16N2O3. The van der Waals surface area contributed by atoms with Crippen LogP contribution in [0.3, 0.4) is 0 Å². The lowest BCUT2D eigenvalue weighted by Crippen LogP contribution is -2.21. The largest absolute Gasteiger partial charge is 0.469 e. The van der Waals surface area contributed by atoms with Gasteiger partial charge in [-0.05, 0) is 12.1 Å². The van der Waals surface area contributed by atoms with Gasteiger partial charge in [0, 0.05) is 32.3 Å². The summed E-state index contributed by atoms with van der Waals surface area (Å²) in [6.07, 6.45) is 0.362. The molecule has 1 aromatic carbocycles. The molecule has 0 fully saturated rings. The number of ether oxygens (including phenoxy) is 1. The number of benzene rings is 1. The zero-order chi connectivity index (χ0) is 13.1. The van der Waals surface area contributed by atoms with Gasteiger partial charge in [0.2, 0.25) is 0 Å². The molecular weight excluding hydrogens is 232 g/mol. The predicted molar refractivity (Wildman–Crippen MR) is 68.6 cm³/mol. The van der Waals surface area contributed by atoms with E-state index in [1.165, 1.54) is 7.11 Å². The van der Waals surface area contributed by atoms with Crippen LogP contribution >= 0.6 is 0 Å². The first-order chi connectivity index (χ1) is 8.60. The second-order valence-corrected chi connectivity index (χ2v) is 4.13. The Hall–Kier alpha value is -2.04. The molecule has 0 aliphatic carbocycles. The summed E-state index contributed by atoms with van der Waals surface area (Å²) in [5.74, 6) is 0.442. The number of rotatable bonds is 4. The van der Waals surface area contributed by atoms with Crippen LogP contribution in [0, 0.1) is 6.92 Å². The molecule has 0 radical (unpaired) electrons. The molecule has 0 saturated carbocycles. The van der Waals surface area contributed by atoms with Crippen LogP contribution in [0.1, 0.15) is 12.3 Å². The van der Waals surface area contributed by atoms with Crippen LogP contribution in [0.2, 0.25) is 0 Å². The number of hydrogen-bond donors (Lipinski definition) is 0. The van der Waals surface area contributed by atoms with E-state index in [9.17, 15) is 4.79 Å². The third-order valence-corrected chi connectivity index (χ3v) is 2.80. The highest BCUT2D eigenvalue weighted by Crippen LogP contribution is 2.22. The molecule has 0 saturated heterocycles.